The minimum atomic E-state index is 0.160. The lowest BCUT2D eigenvalue weighted by Gasteiger charge is -2.01. The lowest BCUT2D eigenvalue weighted by atomic mass is 10.2. The smallest absolute Gasteiger partial charge is 0.216 e. The van der Waals surface area contributed by atoms with E-state index in [2.05, 4.69) is 4.99 Å². The van der Waals surface area contributed by atoms with Gasteiger partial charge in [-0.15, -0.1) is 0 Å². The molecule has 0 saturated carbocycles. The van der Waals surface area contributed by atoms with Crippen molar-refractivity contribution in [2.45, 2.75) is 12.5 Å². The minimum absolute atomic E-state index is 0.160. The fourth-order valence-corrected chi connectivity index (χ4v) is 1.55. The van der Waals surface area contributed by atoms with Crippen LogP contribution in [0.15, 0.2) is 29.3 Å². The summed E-state index contributed by atoms with van der Waals surface area (Å²) < 4.78 is 5.44. The van der Waals surface area contributed by atoms with Gasteiger partial charge >= 0.3 is 0 Å². The number of phenols is 1. The number of aliphatic imine (C=N–C) groups is 1. The van der Waals surface area contributed by atoms with Gasteiger partial charge in [0, 0.05) is 5.56 Å². The van der Waals surface area contributed by atoms with Crippen LogP contribution in [0.4, 0.5) is 0 Å². The Balaban J connectivity index is 2.15. The quantitative estimate of drug-likeness (QED) is 0.771. The van der Waals surface area contributed by atoms with Crippen molar-refractivity contribution in [1.29, 1.82) is 0 Å². The molecule has 0 radical (unpaired) electrons. The molecule has 1 aliphatic heterocycles. The van der Waals surface area contributed by atoms with E-state index in [0.717, 1.165) is 12.0 Å². The summed E-state index contributed by atoms with van der Waals surface area (Å²) in [5.74, 6) is 0.824. The van der Waals surface area contributed by atoms with E-state index in [-0.39, 0.29) is 11.8 Å². The van der Waals surface area contributed by atoms with Crippen molar-refractivity contribution in [3.05, 3.63) is 29.8 Å². The third-order valence-electron chi connectivity index (χ3n) is 2.31. The van der Waals surface area contributed by atoms with Crippen molar-refractivity contribution in [1.82, 2.24) is 0 Å². The molecule has 1 aromatic rings. The maximum atomic E-state index is 9.31. The van der Waals surface area contributed by atoms with Crippen LogP contribution in [0.2, 0.25) is 0 Å². The Morgan fingerprint density at radius 3 is 3.13 bits per heavy atom. The number of nitrogens with zero attached hydrogens (tertiary/aromatic N) is 1. The molecule has 1 heterocycles. The van der Waals surface area contributed by atoms with E-state index in [4.69, 9.17) is 10.5 Å². The number of hydrogen-bond acceptors (Lipinski definition) is 4. The molecule has 1 atom stereocenters. The molecule has 0 aliphatic carbocycles. The number of phenolic OH excluding ortho intramolecular Hbond substituents is 1. The largest absolute Gasteiger partial charge is 0.508 e. The Labute approximate surface area is 88.4 Å². The number of aromatic hydroxyl groups is 1. The van der Waals surface area contributed by atoms with Gasteiger partial charge in [-0.2, -0.15) is 0 Å². The SMILES string of the molecule is NCCC1COC(c2cccc(O)c2)=N1. The highest BCUT2D eigenvalue weighted by atomic mass is 16.5. The Hall–Kier alpha value is -1.55. The minimum Gasteiger partial charge on any atom is -0.508 e. The topological polar surface area (TPSA) is 67.8 Å². The number of rotatable bonds is 3. The van der Waals surface area contributed by atoms with Gasteiger partial charge in [-0.3, -0.25) is 0 Å². The van der Waals surface area contributed by atoms with Gasteiger partial charge < -0.3 is 15.6 Å². The third kappa shape index (κ3) is 2.27. The maximum absolute atomic E-state index is 9.31. The summed E-state index contributed by atoms with van der Waals surface area (Å²) in [6, 6.07) is 7.06. The van der Waals surface area contributed by atoms with Crippen LogP contribution in [0, 0.1) is 0 Å². The summed E-state index contributed by atoms with van der Waals surface area (Å²) in [5.41, 5.74) is 6.27. The standard InChI is InChI=1S/C11H14N2O2/c12-5-4-9-7-15-11(13-9)8-2-1-3-10(14)6-8/h1-3,6,9,14H,4-5,7,12H2. The molecule has 80 valence electrons. The van der Waals surface area contributed by atoms with Gasteiger partial charge in [0.15, 0.2) is 0 Å². The van der Waals surface area contributed by atoms with Gasteiger partial charge in [-0.05, 0) is 31.2 Å². The molecule has 1 aromatic carbocycles. The predicted octanol–water partition coefficient (Wildman–Crippen LogP) is 0.886. The summed E-state index contributed by atoms with van der Waals surface area (Å²) >= 11 is 0. The Morgan fingerprint density at radius 2 is 2.40 bits per heavy atom. The summed E-state index contributed by atoms with van der Waals surface area (Å²) in [7, 11) is 0. The van der Waals surface area contributed by atoms with Crippen LogP contribution in [0.1, 0.15) is 12.0 Å². The van der Waals surface area contributed by atoms with E-state index >= 15 is 0 Å². The van der Waals surface area contributed by atoms with Crippen LogP contribution in [-0.4, -0.2) is 30.2 Å². The van der Waals surface area contributed by atoms with Gasteiger partial charge in [-0.25, -0.2) is 4.99 Å². The van der Waals surface area contributed by atoms with E-state index < -0.39 is 0 Å². The summed E-state index contributed by atoms with van der Waals surface area (Å²) in [6.45, 7) is 1.20. The molecule has 15 heavy (non-hydrogen) atoms. The zero-order valence-corrected chi connectivity index (χ0v) is 8.39. The average molecular weight is 206 g/mol. The molecule has 3 N–H and O–H groups in total. The Bertz CT molecular complexity index is 377. The molecule has 0 amide bonds. The fraction of sp³-hybridized carbons (Fsp3) is 0.364. The maximum Gasteiger partial charge on any atom is 0.216 e. The monoisotopic (exact) mass is 206 g/mol. The van der Waals surface area contributed by atoms with Gasteiger partial charge in [0.05, 0.1) is 6.04 Å². The molecule has 1 unspecified atom stereocenters. The number of hydrogen-bond donors (Lipinski definition) is 2. The van der Waals surface area contributed by atoms with Crippen LogP contribution in [-0.2, 0) is 4.74 Å². The molecule has 0 spiro atoms. The summed E-state index contributed by atoms with van der Waals surface area (Å²) in [6.07, 6.45) is 0.836. The molecular formula is C11H14N2O2. The van der Waals surface area contributed by atoms with Crippen molar-refractivity contribution in [2.24, 2.45) is 10.7 Å². The van der Waals surface area contributed by atoms with Crippen molar-refractivity contribution in [3.8, 4) is 5.75 Å². The van der Waals surface area contributed by atoms with Crippen LogP contribution >= 0.6 is 0 Å². The molecule has 2 rings (SSSR count). The summed E-state index contributed by atoms with van der Waals surface area (Å²) in [4.78, 5) is 4.39. The van der Waals surface area contributed by atoms with Crippen molar-refractivity contribution >= 4 is 5.90 Å². The predicted molar refractivity (Wildman–Crippen MR) is 58.1 cm³/mol. The van der Waals surface area contributed by atoms with E-state index in [1.54, 1.807) is 18.2 Å². The first-order chi connectivity index (χ1) is 7.29. The first kappa shape index (κ1) is 9.98. The number of nitrogens with two attached hydrogens (primary N) is 1. The Morgan fingerprint density at radius 1 is 1.53 bits per heavy atom. The zero-order chi connectivity index (χ0) is 10.7. The first-order valence-electron chi connectivity index (χ1n) is 4.99. The zero-order valence-electron chi connectivity index (χ0n) is 8.39. The van der Waals surface area contributed by atoms with Crippen molar-refractivity contribution < 1.29 is 9.84 Å². The molecular weight excluding hydrogens is 192 g/mol. The van der Waals surface area contributed by atoms with Crippen molar-refractivity contribution in [2.75, 3.05) is 13.2 Å². The second-order valence-electron chi connectivity index (χ2n) is 3.53. The van der Waals surface area contributed by atoms with Crippen LogP contribution in [0.3, 0.4) is 0 Å². The fourth-order valence-electron chi connectivity index (χ4n) is 1.55. The molecule has 0 aromatic heterocycles. The number of benzene rings is 1. The lowest BCUT2D eigenvalue weighted by molar-refractivity contribution is 0.313. The highest BCUT2D eigenvalue weighted by Gasteiger charge is 2.19. The first-order valence-corrected chi connectivity index (χ1v) is 4.99. The van der Waals surface area contributed by atoms with Crippen LogP contribution in [0.5, 0.6) is 5.75 Å². The van der Waals surface area contributed by atoms with Gasteiger partial charge in [0.25, 0.3) is 0 Å². The average Bonchev–Trinajstić information content (AvgIpc) is 2.67. The van der Waals surface area contributed by atoms with Crippen LogP contribution < -0.4 is 5.73 Å². The van der Waals surface area contributed by atoms with Gasteiger partial charge in [-0.1, -0.05) is 6.07 Å². The van der Waals surface area contributed by atoms with E-state index in [9.17, 15) is 5.11 Å². The second kappa shape index (κ2) is 4.31. The lowest BCUT2D eigenvalue weighted by Crippen LogP contribution is -2.12. The molecule has 0 bridgehead atoms. The van der Waals surface area contributed by atoms with E-state index in [0.29, 0.717) is 19.0 Å². The van der Waals surface area contributed by atoms with Crippen molar-refractivity contribution in [3.63, 3.8) is 0 Å². The molecule has 4 nitrogen and oxygen atoms in total. The molecule has 1 aliphatic rings. The Kier molecular flexibility index (Phi) is 2.87. The van der Waals surface area contributed by atoms with Crippen LogP contribution in [0.25, 0.3) is 0 Å². The molecule has 4 heteroatoms. The van der Waals surface area contributed by atoms with E-state index in [1.807, 2.05) is 6.07 Å². The van der Waals surface area contributed by atoms with E-state index in [1.165, 1.54) is 0 Å². The highest BCUT2D eigenvalue weighted by Crippen LogP contribution is 2.17. The van der Waals surface area contributed by atoms with Gasteiger partial charge in [0.2, 0.25) is 5.90 Å². The van der Waals surface area contributed by atoms with Gasteiger partial charge in [0.1, 0.15) is 12.4 Å². The normalized spacial score (nSPS) is 19.8. The third-order valence-corrected chi connectivity index (χ3v) is 2.31. The highest BCUT2D eigenvalue weighted by molar-refractivity contribution is 5.95. The molecule has 0 fully saturated rings. The molecule has 0 saturated heterocycles. The summed E-state index contributed by atoms with van der Waals surface area (Å²) in [5, 5.41) is 9.31. The second-order valence-corrected chi connectivity index (χ2v) is 3.53. The number of ether oxygens (including phenoxy) is 1.